The number of hydrogen-bond donors (Lipinski definition) is 2. The maximum atomic E-state index is 5.29. The van der Waals surface area contributed by atoms with Crippen LogP contribution in [0.15, 0.2) is 18.2 Å². The molecule has 0 aromatic heterocycles. The molecular formula is C12H16N2O4S. The second-order valence-electron chi connectivity index (χ2n) is 3.80. The molecule has 0 atom stereocenters. The molecule has 0 bridgehead atoms. The van der Waals surface area contributed by atoms with E-state index in [9.17, 15) is 0 Å². The van der Waals surface area contributed by atoms with E-state index < -0.39 is 0 Å². The minimum atomic E-state index is -0.337. The van der Waals surface area contributed by atoms with Gasteiger partial charge in [-0.3, -0.25) is 0 Å². The van der Waals surface area contributed by atoms with Crippen LogP contribution in [0.25, 0.3) is 0 Å². The number of thiocarbonyl (C=S) groups is 1. The van der Waals surface area contributed by atoms with Gasteiger partial charge >= 0.3 is 0 Å². The van der Waals surface area contributed by atoms with Crippen LogP contribution in [0, 0.1) is 0 Å². The maximum absolute atomic E-state index is 5.29. The Morgan fingerprint density at radius 2 is 2.05 bits per heavy atom. The molecule has 1 aliphatic rings. The van der Waals surface area contributed by atoms with Crippen molar-refractivity contribution in [1.82, 2.24) is 5.32 Å². The lowest BCUT2D eigenvalue weighted by atomic mass is 10.3. The SMILES string of the molecule is COC(CNC(=S)Nc1ccc2c(c1)OCO2)OC. The van der Waals surface area contributed by atoms with E-state index in [4.69, 9.17) is 31.2 Å². The molecule has 0 unspecified atom stereocenters. The van der Waals surface area contributed by atoms with Crippen molar-refractivity contribution in [1.29, 1.82) is 0 Å². The van der Waals surface area contributed by atoms with Crippen molar-refractivity contribution < 1.29 is 18.9 Å². The van der Waals surface area contributed by atoms with Crippen LogP contribution in [0.3, 0.4) is 0 Å². The summed E-state index contributed by atoms with van der Waals surface area (Å²) in [5.74, 6) is 1.45. The van der Waals surface area contributed by atoms with Gasteiger partial charge in [-0.2, -0.15) is 0 Å². The summed E-state index contributed by atoms with van der Waals surface area (Å²) in [6.07, 6.45) is -0.337. The Hall–Kier alpha value is -1.57. The zero-order chi connectivity index (χ0) is 13.7. The summed E-state index contributed by atoms with van der Waals surface area (Å²) < 4.78 is 20.6. The number of fused-ring (bicyclic) bond motifs is 1. The molecule has 1 heterocycles. The summed E-state index contributed by atoms with van der Waals surface area (Å²) in [5, 5.41) is 6.53. The molecule has 0 spiro atoms. The summed E-state index contributed by atoms with van der Waals surface area (Å²) in [7, 11) is 3.15. The summed E-state index contributed by atoms with van der Waals surface area (Å²) >= 11 is 5.17. The Kier molecular flexibility index (Phi) is 4.78. The van der Waals surface area contributed by atoms with Gasteiger partial charge in [0.2, 0.25) is 6.79 Å². The fourth-order valence-electron chi connectivity index (χ4n) is 1.59. The van der Waals surface area contributed by atoms with E-state index in [2.05, 4.69) is 10.6 Å². The van der Waals surface area contributed by atoms with Crippen molar-refractivity contribution in [3.8, 4) is 11.5 Å². The Balaban J connectivity index is 1.85. The molecule has 19 heavy (non-hydrogen) atoms. The van der Waals surface area contributed by atoms with E-state index in [0.29, 0.717) is 17.4 Å². The van der Waals surface area contributed by atoms with Crippen LogP contribution in [-0.2, 0) is 9.47 Å². The van der Waals surface area contributed by atoms with Crippen LogP contribution in [0.5, 0.6) is 11.5 Å². The molecular weight excluding hydrogens is 268 g/mol. The molecule has 0 fully saturated rings. The normalized spacial score (nSPS) is 12.6. The quantitative estimate of drug-likeness (QED) is 0.624. The molecule has 0 radical (unpaired) electrons. The zero-order valence-corrected chi connectivity index (χ0v) is 11.6. The first-order valence-corrected chi connectivity index (χ1v) is 6.14. The van der Waals surface area contributed by atoms with Gasteiger partial charge in [0, 0.05) is 26.0 Å². The van der Waals surface area contributed by atoms with Crippen molar-refractivity contribution in [2.75, 3.05) is 32.9 Å². The van der Waals surface area contributed by atoms with Gasteiger partial charge in [-0.1, -0.05) is 0 Å². The Bertz CT molecular complexity index is 451. The van der Waals surface area contributed by atoms with Gasteiger partial charge < -0.3 is 29.6 Å². The number of ether oxygens (including phenoxy) is 4. The van der Waals surface area contributed by atoms with Crippen LogP contribution < -0.4 is 20.1 Å². The summed E-state index contributed by atoms with van der Waals surface area (Å²) in [6.45, 7) is 0.716. The number of nitrogens with one attached hydrogen (secondary N) is 2. The van der Waals surface area contributed by atoms with Gasteiger partial charge in [0.05, 0.1) is 6.54 Å². The predicted molar refractivity (Wildman–Crippen MR) is 74.6 cm³/mol. The molecule has 0 saturated heterocycles. The summed E-state index contributed by atoms with van der Waals surface area (Å²) in [4.78, 5) is 0. The van der Waals surface area contributed by atoms with Crippen molar-refractivity contribution >= 4 is 23.0 Å². The first-order valence-electron chi connectivity index (χ1n) is 5.73. The third kappa shape index (κ3) is 3.69. The second-order valence-corrected chi connectivity index (χ2v) is 4.21. The first-order chi connectivity index (χ1) is 9.22. The topological polar surface area (TPSA) is 61.0 Å². The van der Waals surface area contributed by atoms with Crippen molar-refractivity contribution in [3.63, 3.8) is 0 Å². The van der Waals surface area contributed by atoms with Crippen LogP contribution in [0.2, 0.25) is 0 Å². The van der Waals surface area contributed by atoms with E-state index in [0.717, 1.165) is 11.4 Å². The molecule has 1 aromatic rings. The van der Waals surface area contributed by atoms with Crippen LogP contribution in [0.4, 0.5) is 5.69 Å². The van der Waals surface area contributed by atoms with Gasteiger partial charge in [0.25, 0.3) is 0 Å². The Morgan fingerprint density at radius 1 is 1.32 bits per heavy atom. The monoisotopic (exact) mass is 284 g/mol. The lowest BCUT2D eigenvalue weighted by Gasteiger charge is -2.16. The van der Waals surface area contributed by atoms with Crippen LogP contribution in [-0.4, -0.2) is 39.0 Å². The third-order valence-corrected chi connectivity index (χ3v) is 2.83. The minimum Gasteiger partial charge on any atom is -0.454 e. The molecule has 1 aliphatic heterocycles. The molecule has 7 heteroatoms. The lowest BCUT2D eigenvalue weighted by Crippen LogP contribution is -2.36. The molecule has 2 rings (SSSR count). The second kappa shape index (κ2) is 6.55. The average molecular weight is 284 g/mol. The van der Waals surface area contributed by atoms with Crippen LogP contribution in [0.1, 0.15) is 0 Å². The molecule has 1 aromatic carbocycles. The van der Waals surface area contributed by atoms with Crippen molar-refractivity contribution in [2.45, 2.75) is 6.29 Å². The van der Waals surface area contributed by atoms with Gasteiger partial charge in [-0.05, 0) is 24.4 Å². The number of hydrogen-bond acceptors (Lipinski definition) is 5. The smallest absolute Gasteiger partial charge is 0.231 e. The third-order valence-electron chi connectivity index (χ3n) is 2.59. The van der Waals surface area contributed by atoms with E-state index in [1.165, 1.54) is 0 Å². The Labute approximate surface area is 117 Å². The highest BCUT2D eigenvalue weighted by atomic mass is 32.1. The average Bonchev–Trinajstić information content (AvgIpc) is 2.87. The molecule has 2 N–H and O–H groups in total. The molecule has 0 amide bonds. The Morgan fingerprint density at radius 3 is 2.79 bits per heavy atom. The fourth-order valence-corrected chi connectivity index (χ4v) is 1.79. The highest BCUT2D eigenvalue weighted by Gasteiger charge is 2.13. The number of rotatable bonds is 5. The lowest BCUT2D eigenvalue weighted by molar-refractivity contribution is -0.0964. The standard InChI is InChI=1S/C12H16N2O4S/c1-15-11(16-2)6-13-12(19)14-8-3-4-9-10(5-8)18-7-17-9/h3-5,11H,6-7H2,1-2H3,(H2,13,14,19). The van der Waals surface area contributed by atoms with Crippen molar-refractivity contribution in [2.24, 2.45) is 0 Å². The molecule has 104 valence electrons. The van der Waals surface area contributed by atoms with Gasteiger partial charge in [0.15, 0.2) is 22.9 Å². The fraction of sp³-hybridized carbons (Fsp3) is 0.417. The van der Waals surface area contributed by atoms with Gasteiger partial charge in [0.1, 0.15) is 0 Å². The van der Waals surface area contributed by atoms with E-state index in [1.807, 2.05) is 18.2 Å². The molecule has 0 saturated carbocycles. The van der Waals surface area contributed by atoms with Crippen LogP contribution >= 0.6 is 12.2 Å². The van der Waals surface area contributed by atoms with Gasteiger partial charge in [-0.25, -0.2) is 0 Å². The number of anilines is 1. The van der Waals surface area contributed by atoms with Crippen molar-refractivity contribution in [3.05, 3.63) is 18.2 Å². The predicted octanol–water partition coefficient (Wildman–Crippen LogP) is 1.32. The zero-order valence-electron chi connectivity index (χ0n) is 10.8. The minimum absolute atomic E-state index is 0.255. The molecule has 0 aliphatic carbocycles. The molecule has 6 nitrogen and oxygen atoms in total. The number of methoxy groups -OCH3 is 2. The van der Waals surface area contributed by atoms with Gasteiger partial charge in [-0.15, -0.1) is 0 Å². The van der Waals surface area contributed by atoms with E-state index in [-0.39, 0.29) is 13.1 Å². The largest absolute Gasteiger partial charge is 0.454 e. The summed E-state index contributed by atoms with van der Waals surface area (Å²) in [6, 6.07) is 5.53. The highest BCUT2D eigenvalue weighted by Crippen LogP contribution is 2.34. The maximum Gasteiger partial charge on any atom is 0.231 e. The highest BCUT2D eigenvalue weighted by molar-refractivity contribution is 7.80. The number of benzene rings is 1. The summed E-state index contributed by atoms with van der Waals surface area (Å²) in [5.41, 5.74) is 0.827. The van der Waals surface area contributed by atoms with E-state index in [1.54, 1.807) is 14.2 Å². The first kappa shape index (κ1) is 13.9. The van der Waals surface area contributed by atoms with E-state index >= 15 is 0 Å².